The predicted octanol–water partition coefficient (Wildman–Crippen LogP) is 5.19. The van der Waals surface area contributed by atoms with Gasteiger partial charge >= 0.3 is 6.18 Å². The van der Waals surface area contributed by atoms with Crippen LogP contribution >= 0.6 is 11.8 Å². The molecule has 31 heavy (non-hydrogen) atoms. The molecule has 2 aromatic carbocycles. The fourth-order valence-electron chi connectivity index (χ4n) is 3.53. The van der Waals surface area contributed by atoms with Crippen LogP contribution in [0.2, 0.25) is 0 Å². The van der Waals surface area contributed by atoms with Crippen molar-refractivity contribution >= 4 is 17.4 Å². The van der Waals surface area contributed by atoms with Gasteiger partial charge in [0.2, 0.25) is 11.8 Å². The van der Waals surface area contributed by atoms with Crippen molar-refractivity contribution in [2.24, 2.45) is 0 Å². The highest BCUT2D eigenvalue weighted by atomic mass is 32.2. The van der Waals surface area contributed by atoms with Crippen LogP contribution in [0, 0.1) is 0 Å². The molecule has 3 aromatic rings. The number of aromatic nitrogens is 2. The van der Waals surface area contributed by atoms with Crippen molar-refractivity contribution in [3.8, 4) is 11.5 Å². The molecule has 0 spiro atoms. The van der Waals surface area contributed by atoms with Gasteiger partial charge < -0.3 is 14.2 Å². The SMILES string of the molecule is CN(C)C1CCN(c2ccc(-c3nnc(CSc4ccc(C(F)(F)F)cc4)o3)cc2)C1. The van der Waals surface area contributed by atoms with E-state index in [-0.39, 0.29) is 0 Å². The highest BCUT2D eigenvalue weighted by Crippen LogP contribution is 2.32. The van der Waals surface area contributed by atoms with Gasteiger partial charge in [0.05, 0.1) is 11.3 Å². The summed E-state index contributed by atoms with van der Waals surface area (Å²) in [5, 5.41) is 8.17. The predicted molar refractivity (Wildman–Crippen MR) is 115 cm³/mol. The molecule has 4 rings (SSSR count). The Bertz CT molecular complexity index is 1000. The van der Waals surface area contributed by atoms with Gasteiger partial charge in [-0.3, -0.25) is 0 Å². The molecule has 1 unspecified atom stereocenters. The molecule has 0 N–H and O–H groups in total. The quantitative estimate of drug-likeness (QED) is 0.484. The zero-order valence-electron chi connectivity index (χ0n) is 17.3. The maximum absolute atomic E-state index is 12.7. The first-order chi connectivity index (χ1) is 14.8. The number of thioether (sulfide) groups is 1. The second kappa shape index (κ2) is 8.92. The van der Waals surface area contributed by atoms with Crippen molar-refractivity contribution in [3.05, 3.63) is 60.0 Å². The number of hydrogen-bond acceptors (Lipinski definition) is 6. The van der Waals surface area contributed by atoms with Gasteiger partial charge in [0, 0.05) is 35.3 Å². The lowest BCUT2D eigenvalue weighted by atomic mass is 10.2. The number of benzene rings is 2. The number of nitrogens with zero attached hydrogens (tertiary/aromatic N) is 4. The van der Waals surface area contributed by atoms with Crippen LogP contribution in [0.25, 0.3) is 11.5 Å². The summed E-state index contributed by atoms with van der Waals surface area (Å²) in [6.07, 6.45) is -3.18. The van der Waals surface area contributed by atoms with E-state index in [0.717, 1.165) is 37.2 Å². The fraction of sp³-hybridized carbons (Fsp3) is 0.364. The van der Waals surface area contributed by atoms with E-state index < -0.39 is 11.7 Å². The molecule has 0 amide bonds. The Balaban J connectivity index is 1.35. The third-order valence-electron chi connectivity index (χ3n) is 5.38. The lowest BCUT2D eigenvalue weighted by Crippen LogP contribution is -2.31. The zero-order valence-corrected chi connectivity index (χ0v) is 18.1. The van der Waals surface area contributed by atoms with E-state index in [0.29, 0.717) is 28.5 Å². The van der Waals surface area contributed by atoms with E-state index in [9.17, 15) is 13.2 Å². The van der Waals surface area contributed by atoms with Crippen molar-refractivity contribution in [2.45, 2.75) is 29.3 Å². The molecule has 1 aromatic heterocycles. The Morgan fingerprint density at radius 2 is 1.77 bits per heavy atom. The van der Waals surface area contributed by atoms with Gasteiger partial charge in [-0.05, 0) is 69.0 Å². The molecule has 0 saturated carbocycles. The molecule has 9 heteroatoms. The van der Waals surface area contributed by atoms with Gasteiger partial charge in [0.15, 0.2) is 0 Å². The molecule has 0 aliphatic carbocycles. The van der Waals surface area contributed by atoms with Crippen LogP contribution in [0.15, 0.2) is 57.8 Å². The molecule has 1 aliphatic heterocycles. The van der Waals surface area contributed by atoms with E-state index in [1.165, 1.54) is 29.6 Å². The average molecular weight is 449 g/mol. The van der Waals surface area contributed by atoms with Crippen LogP contribution in [0.5, 0.6) is 0 Å². The highest BCUT2D eigenvalue weighted by molar-refractivity contribution is 7.98. The Morgan fingerprint density at radius 1 is 1.06 bits per heavy atom. The van der Waals surface area contributed by atoms with E-state index in [4.69, 9.17) is 4.42 Å². The van der Waals surface area contributed by atoms with E-state index in [1.807, 2.05) is 12.1 Å². The summed E-state index contributed by atoms with van der Waals surface area (Å²) >= 11 is 1.35. The van der Waals surface area contributed by atoms with Crippen LogP contribution in [-0.4, -0.2) is 48.3 Å². The maximum atomic E-state index is 12.7. The largest absolute Gasteiger partial charge is 0.420 e. The van der Waals surface area contributed by atoms with Crippen LogP contribution in [0.4, 0.5) is 18.9 Å². The molecular formula is C22H23F3N4OS. The number of rotatable bonds is 6. The average Bonchev–Trinajstić information content (AvgIpc) is 3.42. The summed E-state index contributed by atoms with van der Waals surface area (Å²) in [7, 11) is 4.22. The summed E-state index contributed by atoms with van der Waals surface area (Å²) in [5.41, 5.74) is 1.35. The molecule has 1 saturated heterocycles. The van der Waals surface area contributed by atoms with Gasteiger partial charge in [-0.25, -0.2) is 0 Å². The smallest absolute Gasteiger partial charge is 0.416 e. The highest BCUT2D eigenvalue weighted by Gasteiger charge is 2.30. The molecule has 0 bridgehead atoms. The van der Waals surface area contributed by atoms with Crippen molar-refractivity contribution in [1.29, 1.82) is 0 Å². The molecule has 1 aliphatic rings. The van der Waals surface area contributed by atoms with E-state index >= 15 is 0 Å². The maximum Gasteiger partial charge on any atom is 0.416 e. The molecule has 2 heterocycles. The number of hydrogen-bond donors (Lipinski definition) is 0. The second-order valence-electron chi connectivity index (χ2n) is 7.71. The van der Waals surface area contributed by atoms with Crippen molar-refractivity contribution in [3.63, 3.8) is 0 Å². The van der Waals surface area contributed by atoms with Crippen molar-refractivity contribution < 1.29 is 17.6 Å². The van der Waals surface area contributed by atoms with Gasteiger partial charge in [-0.15, -0.1) is 22.0 Å². The summed E-state index contributed by atoms with van der Waals surface area (Å²) < 4.78 is 43.7. The van der Waals surface area contributed by atoms with Crippen molar-refractivity contribution in [1.82, 2.24) is 15.1 Å². The minimum Gasteiger partial charge on any atom is -0.420 e. The van der Waals surface area contributed by atoms with Crippen LogP contribution in [-0.2, 0) is 11.9 Å². The van der Waals surface area contributed by atoms with Crippen molar-refractivity contribution in [2.75, 3.05) is 32.1 Å². The molecule has 1 fully saturated rings. The topological polar surface area (TPSA) is 45.4 Å². The Hall–Kier alpha value is -2.52. The lowest BCUT2D eigenvalue weighted by molar-refractivity contribution is -0.137. The third-order valence-corrected chi connectivity index (χ3v) is 6.38. The Labute approximate surface area is 183 Å². The van der Waals surface area contributed by atoms with Crippen LogP contribution in [0.1, 0.15) is 17.9 Å². The summed E-state index contributed by atoms with van der Waals surface area (Å²) in [6, 6.07) is 13.7. The molecule has 164 valence electrons. The summed E-state index contributed by atoms with van der Waals surface area (Å²) in [6.45, 7) is 2.05. The summed E-state index contributed by atoms with van der Waals surface area (Å²) in [5.74, 6) is 1.25. The van der Waals surface area contributed by atoms with Gasteiger partial charge in [-0.2, -0.15) is 13.2 Å². The first-order valence-corrected chi connectivity index (χ1v) is 10.9. The van der Waals surface area contributed by atoms with Crippen LogP contribution in [0.3, 0.4) is 0 Å². The van der Waals surface area contributed by atoms with E-state index in [2.05, 4.69) is 46.2 Å². The Kier molecular flexibility index (Phi) is 6.24. The molecular weight excluding hydrogens is 425 g/mol. The monoisotopic (exact) mass is 448 g/mol. The summed E-state index contributed by atoms with van der Waals surface area (Å²) in [4.78, 5) is 5.34. The first kappa shape index (κ1) is 21.7. The van der Waals surface area contributed by atoms with Gasteiger partial charge in [0.25, 0.3) is 0 Å². The first-order valence-electron chi connectivity index (χ1n) is 9.94. The molecule has 0 radical (unpaired) electrons. The zero-order chi connectivity index (χ0) is 22.0. The number of halogens is 3. The van der Waals surface area contributed by atoms with Gasteiger partial charge in [0.1, 0.15) is 0 Å². The molecule has 1 atom stereocenters. The normalized spacial score (nSPS) is 17.0. The number of likely N-dealkylation sites (N-methyl/N-ethyl adjacent to an activating group) is 1. The number of anilines is 1. The number of alkyl halides is 3. The third kappa shape index (κ3) is 5.22. The molecule has 5 nitrogen and oxygen atoms in total. The lowest BCUT2D eigenvalue weighted by Gasteiger charge is -2.21. The standard InChI is InChI=1S/C22H23F3N4OS/c1-28(2)18-11-12-29(13-18)17-7-3-15(4-8-17)21-27-26-20(30-21)14-31-19-9-5-16(6-10-19)22(23,24)25/h3-10,18H,11-14H2,1-2H3. The fourth-order valence-corrected chi connectivity index (χ4v) is 4.26. The van der Waals surface area contributed by atoms with Gasteiger partial charge in [-0.1, -0.05) is 0 Å². The Morgan fingerprint density at radius 3 is 2.39 bits per heavy atom. The second-order valence-corrected chi connectivity index (χ2v) is 8.76. The van der Waals surface area contributed by atoms with E-state index in [1.54, 1.807) is 0 Å². The minimum absolute atomic E-state index is 0.385. The minimum atomic E-state index is -4.33. The van der Waals surface area contributed by atoms with Crippen LogP contribution < -0.4 is 4.90 Å².